The number of amides is 2. The average Bonchev–Trinajstić information content (AvgIpc) is 3.17. The molecule has 0 radical (unpaired) electrons. The van der Waals surface area contributed by atoms with Crippen LogP contribution in [0.4, 0.5) is 5.69 Å². The van der Waals surface area contributed by atoms with E-state index in [4.69, 9.17) is 0 Å². The van der Waals surface area contributed by atoms with Gasteiger partial charge in [0.15, 0.2) is 0 Å². The third-order valence-electron chi connectivity index (χ3n) is 6.14. The van der Waals surface area contributed by atoms with Crippen LogP contribution in [0.5, 0.6) is 5.75 Å². The molecule has 0 saturated heterocycles. The number of nitrogens with one attached hydrogen (secondary N) is 1. The van der Waals surface area contributed by atoms with E-state index in [1.54, 1.807) is 29.2 Å². The Hall–Kier alpha value is -3.64. The van der Waals surface area contributed by atoms with Gasteiger partial charge in [0.05, 0.1) is 25.1 Å². The van der Waals surface area contributed by atoms with E-state index in [0.717, 1.165) is 27.9 Å². The number of hydrogen-bond acceptors (Lipinski definition) is 4. The van der Waals surface area contributed by atoms with Crippen LogP contribution in [0.25, 0.3) is 0 Å². The van der Waals surface area contributed by atoms with E-state index in [1.807, 2.05) is 55.5 Å². The lowest BCUT2D eigenvalue weighted by Gasteiger charge is -2.22. The zero-order chi connectivity index (χ0) is 23.4. The van der Waals surface area contributed by atoms with Gasteiger partial charge >= 0.3 is 0 Å². The fourth-order valence-corrected chi connectivity index (χ4v) is 4.30. The molecule has 3 N–H and O–H groups in total. The Bertz CT molecular complexity index is 1130. The van der Waals surface area contributed by atoms with Crippen molar-refractivity contribution in [1.29, 1.82) is 0 Å². The summed E-state index contributed by atoms with van der Waals surface area (Å²) in [5, 5.41) is 22.2. The molecule has 0 bridgehead atoms. The van der Waals surface area contributed by atoms with Gasteiger partial charge in [-0.2, -0.15) is 0 Å². The number of phenols is 1. The molecule has 0 spiro atoms. The van der Waals surface area contributed by atoms with Crippen molar-refractivity contribution in [3.63, 3.8) is 0 Å². The summed E-state index contributed by atoms with van der Waals surface area (Å²) in [6.45, 7) is 2.31. The topological polar surface area (TPSA) is 89.9 Å². The van der Waals surface area contributed by atoms with Crippen molar-refractivity contribution < 1.29 is 19.8 Å². The van der Waals surface area contributed by atoms with E-state index in [0.29, 0.717) is 19.4 Å². The second-order valence-corrected chi connectivity index (χ2v) is 8.36. The highest BCUT2D eigenvalue weighted by atomic mass is 16.3. The van der Waals surface area contributed by atoms with Gasteiger partial charge in [0, 0.05) is 11.3 Å². The maximum absolute atomic E-state index is 13.0. The van der Waals surface area contributed by atoms with E-state index >= 15 is 0 Å². The van der Waals surface area contributed by atoms with Gasteiger partial charge in [-0.1, -0.05) is 49.4 Å². The summed E-state index contributed by atoms with van der Waals surface area (Å²) < 4.78 is 0. The third kappa shape index (κ3) is 4.91. The number of aromatic hydroxyl groups is 1. The number of benzene rings is 3. The minimum absolute atomic E-state index is 0.0110. The molecule has 0 aliphatic carbocycles. The monoisotopic (exact) mass is 444 g/mol. The van der Waals surface area contributed by atoms with E-state index in [2.05, 4.69) is 5.32 Å². The van der Waals surface area contributed by atoms with Crippen LogP contribution < -0.4 is 10.2 Å². The van der Waals surface area contributed by atoms with Gasteiger partial charge in [0.2, 0.25) is 5.91 Å². The Labute approximate surface area is 193 Å². The second kappa shape index (κ2) is 9.88. The molecule has 1 heterocycles. The van der Waals surface area contributed by atoms with Gasteiger partial charge in [-0.05, 0) is 59.9 Å². The Morgan fingerprint density at radius 1 is 1.03 bits per heavy atom. The SMILES string of the molecule is CCC(C(=O)NC(CO)Cc1ccc(O)cc1)c1ccc(N2Cc3ccccc3C2=O)cc1. The van der Waals surface area contributed by atoms with Gasteiger partial charge in [-0.25, -0.2) is 0 Å². The van der Waals surface area contributed by atoms with Gasteiger partial charge in [-0.15, -0.1) is 0 Å². The summed E-state index contributed by atoms with van der Waals surface area (Å²) in [7, 11) is 0. The van der Waals surface area contributed by atoms with Gasteiger partial charge in [0.1, 0.15) is 5.75 Å². The maximum Gasteiger partial charge on any atom is 0.258 e. The lowest BCUT2D eigenvalue weighted by molar-refractivity contribution is -0.123. The van der Waals surface area contributed by atoms with Crippen molar-refractivity contribution in [3.05, 3.63) is 95.1 Å². The number of carbonyl (C=O) groups excluding carboxylic acids is 2. The Balaban J connectivity index is 1.43. The molecule has 2 amide bonds. The van der Waals surface area contributed by atoms with Crippen LogP contribution in [0.1, 0.15) is 46.3 Å². The van der Waals surface area contributed by atoms with Crippen LogP contribution in [0, 0.1) is 0 Å². The Morgan fingerprint density at radius 3 is 2.36 bits per heavy atom. The molecule has 170 valence electrons. The number of fused-ring (bicyclic) bond motifs is 1. The van der Waals surface area contributed by atoms with Crippen molar-refractivity contribution in [2.45, 2.75) is 38.3 Å². The fraction of sp³-hybridized carbons (Fsp3) is 0.259. The lowest BCUT2D eigenvalue weighted by atomic mass is 9.94. The molecular weight excluding hydrogens is 416 g/mol. The molecule has 0 saturated carbocycles. The third-order valence-corrected chi connectivity index (χ3v) is 6.14. The number of rotatable bonds is 8. The summed E-state index contributed by atoms with van der Waals surface area (Å²) in [4.78, 5) is 27.5. The maximum atomic E-state index is 13.0. The van der Waals surface area contributed by atoms with Crippen LogP contribution in [-0.2, 0) is 17.8 Å². The van der Waals surface area contributed by atoms with E-state index in [-0.39, 0.29) is 30.1 Å². The van der Waals surface area contributed by atoms with Crippen molar-refractivity contribution in [3.8, 4) is 5.75 Å². The molecule has 1 aliphatic rings. The standard InChI is InChI=1S/C27H28N2O4/c1-2-24(26(32)28-21(17-30)15-18-7-13-23(31)14-8-18)19-9-11-22(12-10-19)29-16-20-5-3-4-6-25(20)27(29)33/h3-14,21,24,30-31H,2,15-17H2,1H3,(H,28,32). The normalized spacial score (nSPS) is 14.6. The largest absolute Gasteiger partial charge is 0.508 e. The number of carbonyl (C=O) groups is 2. The van der Waals surface area contributed by atoms with Crippen LogP contribution in [0.3, 0.4) is 0 Å². The minimum atomic E-state index is -0.420. The van der Waals surface area contributed by atoms with Crippen molar-refractivity contribution in [2.75, 3.05) is 11.5 Å². The highest BCUT2D eigenvalue weighted by Gasteiger charge is 2.28. The quantitative estimate of drug-likeness (QED) is 0.493. The van der Waals surface area contributed by atoms with E-state index < -0.39 is 6.04 Å². The highest BCUT2D eigenvalue weighted by molar-refractivity contribution is 6.10. The molecule has 6 heteroatoms. The molecule has 1 aliphatic heterocycles. The van der Waals surface area contributed by atoms with Crippen molar-refractivity contribution in [1.82, 2.24) is 5.32 Å². The van der Waals surface area contributed by atoms with Crippen LogP contribution in [0.15, 0.2) is 72.8 Å². The molecule has 2 atom stereocenters. The van der Waals surface area contributed by atoms with Crippen molar-refractivity contribution >= 4 is 17.5 Å². The molecule has 6 nitrogen and oxygen atoms in total. The first-order chi connectivity index (χ1) is 16.0. The molecule has 2 unspecified atom stereocenters. The molecule has 33 heavy (non-hydrogen) atoms. The fourth-order valence-electron chi connectivity index (χ4n) is 4.30. The number of aliphatic hydroxyl groups excluding tert-OH is 1. The van der Waals surface area contributed by atoms with Crippen LogP contribution in [0.2, 0.25) is 0 Å². The number of phenolic OH excluding ortho intramolecular Hbond substituents is 1. The molecule has 4 rings (SSSR count). The molecule has 0 fully saturated rings. The number of aliphatic hydroxyl groups is 1. The second-order valence-electron chi connectivity index (χ2n) is 8.36. The zero-order valence-corrected chi connectivity index (χ0v) is 18.6. The molecule has 3 aromatic carbocycles. The van der Waals surface area contributed by atoms with Crippen LogP contribution in [-0.4, -0.2) is 34.7 Å². The molecular formula is C27H28N2O4. The molecule has 0 aromatic heterocycles. The Kier molecular flexibility index (Phi) is 6.75. The van der Waals surface area contributed by atoms with Gasteiger partial charge in [-0.3, -0.25) is 9.59 Å². The van der Waals surface area contributed by atoms with Gasteiger partial charge in [0.25, 0.3) is 5.91 Å². The van der Waals surface area contributed by atoms with Crippen LogP contribution >= 0.6 is 0 Å². The summed E-state index contributed by atoms with van der Waals surface area (Å²) >= 11 is 0. The first-order valence-corrected chi connectivity index (χ1v) is 11.2. The van der Waals surface area contributed by atoms with Crippen molar-refractivity contribution in [2.24, 2.45) is 0 Å². The highest BCUT2D eigenvalue weighted by Crippen LogP contribution is 2.30. The number of anilines is 1. The first kappa shape index (κ1) is 22.6. The zero-order valence-electron chi connectivity index (χ0n) is 18.6. The first-order valence-electron chi connectivity index (χ1n) is 11.2. The molecule has 3 aromatic rings. The lowest BCUT2D eigenvalue weighted by Crippen LogP contribution is -2.41. The van der Waals surface area contributed by atoms with E-state index in [1.165, 1.54) is 0 Å². The smallest absolute Gasteiger partial charge is 0.258 e. The minimum Gasteiger partial charge on any atom is -0.508 e. The number of hydrogen-bond donors (Lipinski definition) is 3. The predicted octanol–water partition coefficient (Wildman–Crippen LogP) is 3.77. The van der Waals surface area contributed by atoms with E-state index in [9.17, 15) is 19.8 Å². The van der Waals surface area contributed by atoms with Gasteiger partial charge < -0.3 is 20.4 Å². The average molecular weight is 445 g/mol. The predicted molar refractivity (Wildman–Crippen MR) is 127 cm³/mol. The summed E-state index contributed by atoms with van der Waals surface area (Å²) in [5.41, 5.74) is 4.33. The summed E-state index contributed by atoms with van der Waals surface area (Å²) in [6, 6.07) is 21.5. The summed E-state index contributed by atoms with van der Waals surface area (Å²) in [5.74, 6) is -0.340. The Morgan fingerprint density at radius 2 is 1.73 bits per heavy atom. The summed E-state index contributed by atoms with van der Waals surface area (Å²) in [6.07, 6.45) is 1.08. The number of nitrogens with zero attached hydrogens (tertiary/aromatic N) is 1.